The molecule has 0 N–H and O–H groups in total. The highest BCUT2D eigenvalue weighted by Crippen LogP contribution is 2.26. The third-order valence-corrected chi connectivity index (χ3v) is 2.14. The van der Waals surface area contributed by atoms with Crippen molar-refractivity contribution < 1.29 is 23.6 Å². The standard InChI is InChI=1S/C11H12FNO5/c1-7-3-11(18-6-8(14)5-17-2)9(12)4-10(7)13(15)16/h3-4H,5-6H2,1-2H3. The molecule has 0 heterocycles. The number of carbonyl (C=O) groups is 1. The Morgan fingerprint density at radius 2 is 2.11 bits per heavy atom. The number of rotatable bonds is 6. The van der Waals surface area contributed by atoms with Crippen molar-refractivity contribution >= 4 is 11.5 Å². The summed E-state index contributed by atoms with van der Waals surface area (Å²) in [6, 6.07) is 1.96. The van der Waals surface area contributed by atoms with E-state index in [0.29, 0.717) is 0 Å². The van der Waals surface area contributed by atoms with Crippen LogP contribution in [0.25, 0.3) is 0 Å². The van der Waals surface area contributed by atoms with Gasteiger partial charge in [0, 0.05) is 12.7 Å². The summed E-state index contributed by atoms with van der Waals surface area (Å²) < 4.78 is 23.0. The normalized spacial score (nSPS) is 10.2. The van der Waals surface area contributed by atoms with Crippen molar-refractivity contribution in [2.75, 3.05) is 20.3 Å². The zero-order valence-corrected chi connectivity index (χ0v) is 9.94. The van der Waals surface area contributed by atoms with E-state index in [4.69, 9.17) is 4.74 Å². The van der Waals surface area contributed by atoms with E-state index in [1.807, 2.05) is 0 Å². The molecule has 1 rings (SSSR count). The predicted molar refractivity (Wildman–Crippen MR) is 60.2 cm³/mol. The third-order valence-electron chi connectivity index (χ3n) is 2.14. The van der Waals surface area contributed by atoms with Gasteiger partial charge < -0.3 is 9.47 Å². The highest BCUT2D eigenvalue weighted by molar-refractivity contribution is 5.81. The lowest BCUT2D eigenvalue weighted by Gasteiger charge is -2.07. The second-order valence-corrected chi connectivity index (χ2v) is 3.59. The van der Waals surface area contributed by atoms with E-state index in [1.54, 1.807) is 0 Å². The van der Waals surface area contributed by atoms with Crippen LogP contribution in [0.15, 0.2) is 12.1 Å². The van der Waals surface area contributed by atoms with Crippen LogP contribution < -0.4 is 4.74 Å². The van der Waals surface area contributed by atoms with Gasteiger partial charge in [-0.25, -0.2) is 4.39 Å². The van der Waals surface area contributed by atoms with Crippen molar-refractivity contribution in [3.05, 3.63) is 33.6 Å². The highest BCUT2D eigenvalue weighted by atomic mass is 19.1. The molecule has 0 saturated carbocycles. The molecule has 7 heteroatoms. The van der Waals surface area contributed by atoms with Crippen molar-refractivity contribution in [3.8, 4) is 5.75 Å². The minimum absolute atomic E-state index is 0.131. The summed E-state index contributed by atoms with van der Waals surface area (Å²) in [5.41, 5.74) is -0.0707. The van der Waals surface area contributed by atoms with E-state index in [0.717, 1.165) is 6.07 Å². The lowest BCUT2D eigenvalue weighted by molar-refractivity contribution is -0.385. The van der Waals surface area contributed by atoms with Crippen LogP contribution in [0, 0.1) is 22.9 Å². The van der Waals surface area contributed by atoms with Crippen LogP contribution in [0.1, 0.15) is 5.56 Å². The summed E-state index contributed by atoms with van der Waals surface area (Å²) in [6.45, 7) is 0.983. The van der Waals surface area contributed by atoms with Crippen LogP contribution in [0.3, 0.4) is 0 Å². The van der Waals surface area contributed by atoms with Gasteiger partial charge in [0.25, 0.3) is 5.69 Å². The number of nitro benzene ring substituents is 1. The molecule has 0 amide bonds. The Morgan fingerprint density at radius 3 is 2.67 bits per heavy atom. The number of benzene rings is 1. The lowest BCUT2D eigenvalue weighted by Crippen LogP contribution is -2.16. The number of halogens is 1. The summed E-state index contributed by atoms with van der Waals surface area (Å²) in [4.78, 5) is 21.0. The molecule has 0 unspecified atom stereocenters. The summed E-state index contributed by atoms with van der Waals surface area (Å²) >= 11 is 0. The van der Waals surface area contributed by atoms with Gasteiger partial charge in [0.2, 0.25) is 0 Å². The van der Waals surface area contributed by atoms with E-state index in [2.05, 4.69) is 4.74 Å². The Morgan fingerprint density at radius 1 is 1.44 bits per heavy atom. The average Bonchev–Trinajstić information content (AvgIpc) is 2.29. The predicted octanol–water partition coefficient (Wildman–Crippen LogP) is 1.64. The van der Waals surface area contributed by atoms with Crippen molar-refractivity contribution in [1.29, 1.82) is 0 Å². The number of Topliss-reactive ketones (excluding diaryl/α,β-unsaturated/α-hetero) is 1. The number of hydrogen-bond acceptors (Lipinski definition) is 5. The van der Waals surface area contributed by atoms with E-state index in [9.17, 15) is 19.3 Å². The summed E-state index contributed by atoms with van der Waals surface area (Å²) in [5.74, 6) is -1.42. The molecule has 0 fully saturated rings. The van der Waals surface area contributed by atoms with E-state index >= 15 is 0 Å². The van der Waals surface area contributed by atoms with Gasteiger partial charge in [-0.15, -0.1) is 0 Å². The number of ether oxygens (including phenoxy) is 2. The number of aryl methyl sites for hydroxylation is 1. The van der Waals surface area contributed by atoms with Crippen LogP contribution >= 0.6 is 0 Å². The molecule has 98 valence electrons. The van der Waals surface area contributed by atoms with Crippen LogP contribution in [-0.4, -0.2) is 31.0 Å². The Labute approximate surface area is 102 Å². The van der Waals surface area contributed by atoms with Gasteiger partial charge in [-0.3, -0.25) is 14.9 Å². The first-order valence-corrected chi connectivity index (χ1v) is 5.03. The molecule has 0 aliphatic rings. The van der Waals surface area contributed by atoms with Gasteiger partial charge in [-0.1, -0.05) is 0 Å². The molecule has 0 spiro atoms. The van der Waals surface area contributed by atoms with Crippen molar-refractivity contribution in [3.63, 3.8) is 0 Å². The highest BCUT2D eigenvalue weighted by Gasteiger charge is 2.16. The first kappa shape index (κ1) is 14.0. The molecule has 0 bridgehead atoms. The quantitative estimate of drug-likeness (QED) is 0.571. The molecule has 0 atom stereocenters. The topological polar surface area (TPSA) is 78.7 Å². The van der Waals surface area contributed by atoms with Gasteiger partial charge in [0.1, 0.15) is 13.2 Å². The molecule has 1 aromatic rings. The fourth-order valence-corrected chi connectivity index (χ4v) is 1.31. The number of nitrogens with zero attached hydrogens (tertiary/aromatic N) is 1. The smallest absolute Gasteiger partial charge is 0.275 e. The Bertz CT molecular complexity index is 475. The average molecular weight is 257 g/mol. The van der Waals surface area contributed by atoms with Gasteiger partial charge in [-0.05, 0) is 13.0 Å². The lowest BCUT2D eigenvalue weighted by atomic mass is 10.2. The molecule has 18 heavy (non-hydrogen) atoms. The molecular weight excluding hydrogens is 245 g/mol. The monoisotopic (exact) mass is 257 g/mol. The van der Waals surface area contributed by atoms with Crippen molar-refractivity contribution in [2.24, 2.45) is 0 Å². The molecule has 0 aliphatic carbocycles. The fraction of sp³-hybridized carbons (Fsp3) is 0.364. The van der Waals surface area contributed by atoms with E-state index in [-0.39, 0.29) is 36.0 Å². The number of methoxy groups -OCH3 is 1. The number of nitro groups is 1. The van der Waals surface area contributed by atoms with Gasteiger partial charge in [0.05, 0.1) is 11.0 Å². The Kier molecular flexibility index (Phi) is 4.73. The molecule has 0 saturated heterocycles. The largest absolute Gasteiger partial charge is 0.483 e. The maximum Gasteiger partial charge on any atom is 0.275 e. The van der Waals surface area contributed by atoms with Crippen LogP contribution in [0.5, 0.6) is 5.75 Å². The molecular formula is C11H12FNO5. The second-order valence-electron chi connectivity index (χ2n) is 3.59. The molecule has 0 aliphatic heterocycles. The Balaban J connectivity index is 2.82. The zero-order chi connectivity index (χ0) is 13.7. The third kappa shape index (κ3) is 3.49. The van der Waals surface area contributed by atoms with Gasteiger partial charge in [0.15, 0.2) is 17.3 Å². The number of carbonyl (C=O) groups excluding carboxylic acids is 1. The number of ketones is 1. The SMILES string of the molecule is COCC(=O)COc1cc(C)c([N+](=O)[O-])cc1F. The molecule has 1 aromatic carbocycles. The molecule has 0 radical (unpaired) electrons. The summed E-state index contributed by atoms with van der Waals surface area (Å²) in [5, 5.41) is 10.6. The van der Waals surface area contributed by atoms with Gasteiger partial charge >= 0.3 is 0 Å². The Hall–Kier alpha value is -2.02. The van der Waals surface area contributed by atoms with Gasteiger partial charge in [-0.2, -0.15) is 0 Å². The summed E-state index contributed by atoms with van der Waals surface area (Å²) in [6.07, 6.45) is 0. The molecule has 6 nitrogen and oxygen atoms in total. The first-order valence-electron chi connectivity index (χ1n) is 5.03. The number of hydrogen-bond donors (Lipinski definition) is 0. The van der Waals surface area contributed by atoms with Crippen LogP contribution in [0.4, 0.5) is 10.1 Å². The minimum atomic E-state index is -0.877. The van der Waals surface area contributed by atoms with Crippen LogP contribution in [0.2, 0.25) is 0 Å². The van der Waals surface area contributed by atoms with Crippen LogP contribution in [-0.2, 0) is 9.53 Å². The van der Waals surface area contributed by atoms with E-state index < -0.39 is 10.7 Å². The minimum Gasteiger partial charge on any atom is -0.483 e. The summed E-state index contributed by atoms with van der Waals surface area (Å²) in [7, 11) is 1.36. The van der Waals surface area contributed by atoms with Crippen molar-refractivity contribution in [2.45, 2.75) is 6.92 Å². The maximum absolute atomic E-state index is 13.5. The zero-order valence-electron chi connectivity index (χ0n) is 9.94. The van der Waals surface area contributed by atoms with Crippen molar-refractivity contribution in [1.82, 2.24) is 0 Å². The maximum atomic E-state index is 13.5. The second kappa shape index (κ2) is 6.06. The first-order chi connectivity index (χ1) is 8.45. The molecule has 0 aromatic heterocycles. The fourth-order valence-electron chi connectivity index (χ4n) is 1.31. The van der Waals surface area contributed by atoms with E-state index in [1.165, 1.54) is 20.1 Å².